The van der Waals surface area contributed by atoms with Gasteiger partial charge in [-0.1, -0.05) is 12.1 Å². The minimum absolute atomic E-state index is 0.566. The SMILES string of the molecule is C/C(=C\C(=O)O)c1ccc(-c2ccccc2N(C)C)o1. The molecule has 0 bridgehead atoms. The first-order valence-corrected chi connectivity index (χ1v) is 6.27. The lowest BCUT2D eigenvalue weighted by molar-refractivity contribution is -0.131. The number of aliphatic carboxylic acids is 1. The summed E-state index contributed by atoms with van der Waals surface area (Å²) in [7, 11) is 3.94. The third-order valence-corrected chi connectivity index (χ3v) is 2.99. The number of carboxylic acid groups (broad SMARTS) is 1. The van der Waals surface area contributed by atoms with Gasteiger partial charge in [-0.15, -0.1) is 0 Å². The van der Waals surface area contributed by atoms with Crippen molar-refractivity contribution in [3.8, 4) is 11.3 Å². The lowest BCUT2D eigenvalue weighted by atomic mass is 10.1. The Labute approximate surface area is 117 Å². The number of anilines is 1. The normalized spacial score (nSPS) is 11.4. The molecule has 0 unspecified atom stereocenters. The molecule has 4 nitrogen and oxygen atoms in total. The maximum Gasteiger partial charge on any atom is 0.328 e. The highest BCUT2D eigenvalue weighted by Crippen LogP contribution is 2.32. The molecule has 0 atom stereocenters. The van der Waals surface area contributed by atoms with Crippen molar-refractivity contribution in [2.45, 2.75) is 6.92 Å². The van der Waals surface area contributed by atoms with Crippen LogP contribution in [0.4, 0.5) is 5.69 Å². The van der Waals surface area contributed by atoms with Gasteiger partial charge < -0.3 is 14.4 Å². The quantitative estimate of drug-likeness (QED) is 0.865. The molecular formula is C16H17NO3. The fourth-order valence-corrected chi connectivity index (χ4v) is 2.02. The van der Waals surface area contributed by atoms with Crippen molar-refractivity contribution in [2.24, 2.45) is 0 Å². The summed E-state index contributed by atoms with van der Waals surface area (Å²) in [6.07, 6.45) is 1.14. The van der Waals surface area contributed by atoms with Crippen LogP contribution < -0.4 is 4.90 Å². The van der Waals surface area contributed by atoms with E-state index in [-0.39, 0.29) is 0 Å². The van der Waals surface area contributed by atoms with Gasteiger partial charge in [0.05, 0.1) is 0 Å². The first-order chi connectivity index (χ1) is 9.49. The molecule has 1 aromatic heterocycles. The predicted molar refractivity (Wildman–Crippen MR) is 79.8 cm³/mol. The van der Waals surface area contributed by atoms with E-state index in [4.69, 9.17) is 9.52 Å². The number of para-hydroxylation sites is 1. The third kappa shape index (κ3) is 2.91. The molecular weight excluding hydrogens is 254 g/mol. The largest absolute Gasteiger partial charge is 0.478 e. The van der Waals surface area contributed by atoms with Crippen LogP contribution in [-0.2, 0) is 4.79 Å². The molecule has 0 saturated heterocycles. The van der Waals surface area contributed by atoms with E-state index >= 15 is 0 Å². The monoisotopic (exact) mass is 271 g/mol. The van der Waals surface area contributed by atoms with Crippen molar-refractivity contribution in [2.75, 3.05) is 19.0 Å². The summed E-state index contributed by atoms with van der Waals surface area (Å²) in [5.74, 6) is 0.313. The molecule has 0 fully saturated rings. The zero-order valence-electron chi connectivity index (χ0n) is 11.8. The highest BCUT2D eigenvalue weighted by Gasteiger charge is 2.11. The molecule has 1 heterocycles. The molecule has 1 N–H and O–H groups in total. The average Bonchev–Trinajstić information content (AvgIpc) is 2.87. The minimum atomic E-state index is -0.978. The molecule has 2 aromatic rings. The number of hydrogen-bond acceptors (Lipinski definition) is 3. The van der Waals surface area contributed by atoms with E-state index in [1.165, 1.54) is 0 Å². The Hall–Kier alpha value is -2.49. The standard InChI is InChI=1S/C16H17NO3/c1-11(10-16(18)19)14-8-9-15(20-14)12-6-4-5-7-13(12)17(2)3/h4-10H,1-3H3,(H,18,19)/b11-10+. The Balaban J connectivity index is 2.42. The van der Waals surface area contributed by atoms with E-state index < -0.39 is 5.97 Å². The van der Waals surface area contributed by atoms with E-state index in [1.54, 1.807) is 13.0 Å². The molecule has 20 heavy (non-hydrogen) atoms. The number of furan rings is 1. The topological polar surface area (TPSA) is 53.7 Å². The van der Waals surface area contributed by atoms with E-state index in [0.717, 1.165) is 23.1 Å². The number of nitrogens with zero attached hydrogens (tertiary/aromatic N) is 1. The summed E-state index contributed by atoms with van der Waals surface area (Å²) in [4.78, 5) is 12.7. The van der Waals surface area contributed by atoms with Gasteiger partial charge in [-0.3, -0.25) is 0 Å². The summed E-state index contributed by atoms with van der Waals surface area (Å²) >= 11 is 0. The van der Waals surface area contributed by atoms with Gasteiger partial charge in [-0.05, 0) is 36.8 Å². The Kier molecular flexibility index (Phi) is 3.94. The number of allylic oxidation sites excluding steroid dienone is 1. The zero-order chi connectivity index (χ0) is 14.7. The molecule has 0 aliphatic carbocycles. The Morgan fingerprint density at radius 3 is 2.55 bits per heavy atom. The van der Waals surface area contributed by atoms with Gasteiger partial charge in [0, 0.05) is 31.4 Å². The second kappa shape index (κ2) is 5.65. The highest BCUT2D eigenvalue weighted by atomic mass is 16.4. The van der Waals surface area contributed by atoms with Gasteiger partial charge in [0.15, 0.2) is 0 Å². The van der Waals surface area contributed by atoms with Gasteiger partial charge in [0.25, 0.3) is 0 Å². The van der Waals surface area contributed by atoms with E-state index in [2.05, 4.69) is 0 Å². The van der Waals surface area contributed by atoms with Crippen LogP contribution in [0.15, 0.2) is 46.9 Å². The van der Waals surface area contributed by atoms with Gasteiger partial charge in [0.2, 0.25) is 0 Å². The van der Waals surface area contributed by atoms with Crippen LogP contribution >= 0.6 is 0 Å². The van der Waals surface area contributed by atoms with Crippen LogP contribution in [-0.4, -0.2) is 25.2 Å². The summed E-state index contributed by atoms with van der Waals surface area (Å²) in [6, 6.07) is 11.6. The number of hydrogen-bond donors (Lipinski definition) is 1. The van der Waals surface area contributed by atoms with Crippen LogP contribution in [0.2, 0.25) is 0 Å². The number of carboxylic acids is 1. The lowest BCUT2D eigenvalue weighted by Gasteiger charge is -2.15. The Morgan fingerprint density at radius 2 is 1.90 bits per heavy atom. The maximum absolute atomic E-state index is 10.7. The predicted octanol–water partition coefficient (Wildman–Crippen LogP) is 3.50. The second-order valence-electron chi connectivity index (χ2n) is 4.74. The molecule has 1 aromatic carbocycles. The van der Waals surface area contributed by atoms with Crippen molar-refractivity contribution in [1.82, 2.24) is 0 Å². The second-order valence-corrected chi connectivity index (χ2v) is 4.74. The van der Waals surface area contributed by atoms with Crippen LogP contribution in [0.25, 0.3) is 16.9 Å². The van der Waals surface area contributed by atoms with Crippen LogP contribution in [0.1, 0.15) is 12.7 Å². The van der Waals surface area contributed by atoms with Crippen LogP contribution in [0.3, 0.4) is 0 Å². The molecule has 0 radical (unpaired) electrons. The van der Waals surface area contributed by atoms with Gasteiger partial charge in [0.1, 0.15) is 11.5 Å². The first-order valence-electron chi connectivity index (χ1n) is 6.27. The summed E-state index contributed by atoms with van der Waals surface area (Å²) in [6.45, 7) is 1.72. The number of rotatable bonds is 4. The molecule has 2 rings (SSSR count). The third-order valence-electron chi connectivity index (χ3n) is 2.99. The molecule has 104 valence electrons. The Morgan fingerprint density at radius 1 is 1.20 bits per heavy atom. The van der Waals surface area contributed by atoms with E-state index in [9.17, 15) is 4.79 Å². The van der Waals surface area contributed by atoms with Crippen molar-refractivity contribution in [3.05, 3.63) is 48.2 Å². The van der Waals surface area contributed by atoms with E-state index in [0.29, 0.717) is 11.3 Å². The van der Waals surface area contributed by atoms with Crippen molar-refractivity contribution < 1.29 is 14.3 Å². The molecule has 0 aliphatic heterocycles. The van der Waals surface area contributed by atoms with Gasteiger partial charge in [-0.25, -0.2) is 4.79 Å². The summed E-state index contributed by atoms with van der Waals surface area (Å²) in [5.41, 5.74) is 2.62. The van der Waals surface area contributed by atoms with Crippen LogP contribution in [0, 0.1) is 0 Å². The molecule has 0 aliphatic rings. The van der Waals surface area contributed by atoms with Crippen molar-refractivity contribution >= 4 is 17.2 Å². The number of benzene rings is 1. The Bertz CT molecular complexity index is 653. The van der Waals surface area contributed by atoms with Crippen molar-refractivity contribution in [3.63, 3.8) is 0 Å². The smallest absolute Gasteiger partial charge is 0.328 e. The average molecular weight is 271 g/mol. The summed E-state index contributed by atoms with van der Waals surface area (Å²) in [5, 5.41) is 8.76. The molecule has 0 spiro atoms. The number of carbonyl (C=O) groups is 1. The maximum atomic E-state index is 10.7. The summed E-state index contributed by atoms with van der Waals surface area (Å²) < 4.78 is 5.76. The molecule has 0 saturated carbocycles. The van der Waals surface area contributed by atoms with Gasteiger partial charge in [-0.2, -0.15) is 0 Å². The minimum Gasteiger partial charge on any atom is -0.478 e. The first kappa shape index (κ1) is 13.9. The highest BCUT2D eigenvalue weighted by molar-refractivity contribution is 5.89. The molecule has 4 heteroatoms. The van der Waals surface area contributed by atoms with Crippen LogP contribution in [0.5, 0.6) is 0 Å². The van der Waals surface area contributed by atoms with Gasteiger partial charge >= 0.3 is 5.97 Å². The zero-order valence-corrected chi connectivity index (χ0v) is 11.8. The lowest BCUT2D eigenvalue weighted by Crippen LogP contribution is -2.09. The van der Waals surface area contributed by atoms with E-state index in [1.807, 2.05) is 49.3 Å². The molecule has 0 amide bonds. The van der Waals surface area contributed by atoms with Crippen molar-refractivity contribution in [1.29, 1.82) is 0 Å². The fourth-order valence-electron chi connectivity index (χ4n) is 2.02. The fraction of sp³-hybridized carbons (Fsp3) is 0.188.